The Morgan fingerprint density at radius 2 is 0.585 bits per heavy atom. The maximum atomic E-state index is 9.87. The average molecular weight is 1300 g/mol. The summed E-state index contributed by atoms with van der Waals surface area (Å²) in [5.74, 6) is 2.37. The molecule has 8 aliphatic rings. The molecule has 0 aliphatic heterocycles. The molecule has 0 spiro atoms. The van der Waals surface area contributed by atoms with Gasteiger partial charge in [-0.2, -0.15) is 20.4 Å². The molecule has 82 heavy (non-hydrogen) atoms. The van der Waals surface area contributed by atoms with Crippen LogP contribution >= 0.6 is 15.6 Å². The van der Waals surface area contributed by atoms with Crippen LogP contribution in [-0.4, -0.2) is 49.1 Å². The predicted octanol–water partition coefficient (Wildman–Crippen LogP) is 18.6. The smallest absolute Gasteiger partial charge is 1.00 e. The third kappa shape index (κ3) is 9.94. The Bertz CT molecular complexity index is 3080. The van der Waals surface area contributed by atoms with E-state index in [0.717, 1.165) is 11.4 Å². The molecule has 0 radical (unpaired) electrons. The quantitative estimate of drug-likeness (QED) is 0.0936. The number of pyridine rings is 2. The molecule has 6 aromatic heterocycles. The van der Waals surface area contributed by atoms with Gasteiger partial charge in [0.2, 0.25) is 0 Å². The van der Waals surface area contributed by atoms with Crippen molar-refractivity contribution < 1.29 is 84.5 Å². The van der Waals surface area contributed by atoms with Gasteiger partial charge in [-0.3, -0.25) is 9.97 Å². The van der Waals surface area contributed by atoms with E-state index in [9.17, 15) is 50.4 Å². The topological polar surface area (TPSA) is 97.1 Å². The van der Waals surface area contributed by atoms with Crippen molar-refractivity contribution in [1.82, 2.24) is 49.1 Å². The van der Waals surface area contributed by atoms with Crippen LogP contribution in [0.3, 0.4) is 0 Å². The molecule has 8 aliphatic carbocycles. The first kappa shape index (κ1) is 62.7. The molecule has 14 rings (SSSR count). The number of hydrogen-bond acceptors (Lipinski definition) is 6. The van der Waals surface area contributed by atoms with Crippen molar-refractivity contribution in [3.8, 4) is 0 Å². The summed E-state index contributed by atoms with van der Waals surface area (Å²) >= 11 is 0. The summed E-state index contributed by atoms with van der Waals surface area (Å²) in [6.07, 6.45) is 22.7. The van der Waals surface area contributed by atoms with Crippen LogP contribution in [0.4, 0.5) is 50.4 Å². The van der Waals surface area contributed by atoms with Crippen molar-refractivity contribution in [2.75, 3.05) is 0 Å². The number of aromatic nitrogens is 10. The third-order valence-corrected chi connectivity index (χ3v) is 22.4. The van der Waals surface area contributed by atoms with Crippen molar-refractivity contribution in [3.63, 3.8) is 0 Å². The van der Waals surface area contributed by atoms with Crippen molar-refractivity contribution in [2.45, 2.75) is 192 Å². The van der Waals surface area contributed by atoms with Gasteiger partial charge in [0.05, 0.1) is 34.2 Å². The molecule has 6 aromatic rings. The molecule has 0 unspecified atom stereocenters. The van der Waals surface area contributed by atoms with E-state index in [1.165, 1.54) is 96.4 Å². The fourth-order valence-corrected chi connectivity index (χ4v) is 16.6. The Morgan fingerprint density at radius 3 is 0.756 bits per heavy atom. The summed E-state index contributed by atoms with van der Waals surface area (Å²) in [5.41, 5.74) is 14.7. The van der Waals surface area contributed by atoms with Gasteiger partial charge in [0.25, 0.3) is 0 Å². The van der Waals surface area contributed by atoms with Gasteiger partial charge in [0.15, 0.2) is 12.3 Å². The number of nitrogens with zero attached hydrogens (tertiary/aromatic N) is 10. The minimum atomic E-state index is -10.7. The standard InChI is InChI=1S/2C28H35N5.2Cu.2F6P/c2*1-25(2)19-10-12-27(25,5)22-17(19)15-32(30-22)24(21-9-7-8-14-29-21)33-16-18-20-11-13-28(6,23(18)31-33)26(20,3)4;;;2*1-7(2,3,4,5)6/h2*7-9,14-16,19-20,24H,10-13H2,1-6H3;;;;/q;;2*+1;2*-1/t2*19-,20-,27+,28+;;;;/m11..../s1. The minimum Gasteiger partial charge on any atom is 1.00 e. The SMILES string of the molecule is CC1(C)[C@@H]2CC[C@@]1(C)c1nn(C(c3ccccn3)n3cc4c(n3)[C@]3(C)CC[C@H]4C3(C)C)cc12.CC1(C)[C@@H]2CC[C@@]1(C)c1nn(C(c3ccccn3)n3cc4c(n3)[C@]3(C)CC[C@H]4C3(C)C)cc12.F[P-](F)(F)(F)(F)F.F[P-](F)(F)(F)(F)F.[Cu+].[Cu+]. The summed E-state index contributed by atoms with van der Waals surface area (Å²) in [5, 5.41) is 21.2. The Kier molecular flexibility index (Phi) is 13.4. The van der Waals surface area contributed by atoms with E-state index >= 15 is 0 Å². The van der Waals surface area contributed by atoms with Crippen molar-refractivity contribution in [2.24, 2.45) is 21.7 Å². The van der Waals surface area contributed by atoms with Crippen LogP contribution < -0.4 is 0 Å². The van der Waals surface area contributed by atoms with E-state index in [1.54, 1.807) is 0 Å². The van der Waals surface area contributed by atoms with Crippen molar-refractivity contribution in [1.29, 1.82) is 0 Å². The zero-order valence-corrected chi connectivity index (χ0v) is 51.2. The third-order valence-electron chi connectivity index (χ3n) is 22.4. The Morgan fingerprint density at radius 1 is 0.378 bits per heavy atom. The second kappa shape index (κ2) is 17.5. The van der Waals surface area contributed by atoms with E-state index in [0.29, 0.717) is 23.7 Å². The maximum Gasteiger partial charge on any atom is 1.00 e. The van der Waals surface area contributed by atoms with Crippen LogP contribution in [0.15, 0.2) is 73.6 Å². The van der Waals surface area contributed by atoms with E-state index in [2.05, 4.69) is 151 Å². The summed E-state index contributed by atoms with van der Waals surface area (Å²) in [7, 11) is -21.3. The Labute approximate surface area is 490 Å². The fraction of sp³-hybridized carbons (Fsp3) is 0.607. The molecule has 0 aromatic carbocycles. The summed E-state index contributed by atoms with van der Waals surface area (Å²) in [4.78, 5) is 9.55. The first-order chi connectivity index (χ1) is 36.1. The first-order valence-corrected chi connectivity index (χ1v) is 31.5. The monoisotopic (exact) mass is 1300 g/mol. The first-order valence-electron chi connectivity index (χ1n) is 27.4. The number of halogens is 12. The van der Waals surface area contributed by atoms with Gasteiger partial charge < -0.3 is 0 Å². The summed E-state index contributed by atoms with van der Waals surface area (Å²) in [6.45, 7) is 29.2. The van der Waals surface area contributed by atoms with Gasteiger partial charge in [0.1, 0.15) is 0 Å². The van der Waals surface area contributed by atoms with Gasteiger partial charge in [-0.05, 0) is 143 Å². The number of rotatable bonds is 6. The molecule has 8 bridgehead atoms. The van der Waals surface area contributed by atoms with Gasteiger partial charge >= 0.3 is 100 Å². The van der Waals surface area contributed by atoms with E-state index in [1.807, 2.05) is 24.5 Å². The van der Waals surface area contributed by atoms with E-state index in [-0.39, 0.29) is 89.8 Å². The summed E-state index contributed by atoms with van der Waals surface area (Å²) < 4.78 is 127. The second-order valence-electron chi connectivity index (χ2n) is 27.4. The summed E-state index contributed by atoms with van der Waals surface area (Å²) in [6, 6.07) is 12.4. The van der Waals surface area contributed by atoms with Crippen LogP contribution in [0.5, 0.6) is 0 Å². The van der Waals surface area contributed by atoms with Gasteiger partial charge in [-0.25, -0.2) is 18.7 Å². The molecule has 8 atom stereocenters. The van der Waals surface area contributed by atoms with Gasteiger partial charge in [0, 0.05) is 58.8 Å². The molecular weight excluding hydrogens is 1230 g/mol. The molecular formula is C56H70Cu2F12N10P2. The normalized spacial score (nSPS) is 31.5. The molecule has 10 nitrogen and oxygen atoms in total. The predicted molar refractivity (Wildman–Crippen MR) is 284 cm³/mol. The van der Waals surface area contributed by atoms with Crippen LogP contribution in [-0.2, 0) is 55.8 Å². The Balaban J connectivity index is 0.000000158. The molecule has 4 fully saturated rings. The molecule has 0 amide bonds. The average Bonchev–Trinajstić information content (AvgIpc) is 4.21. The number of fused-ring (bicyclic) bond motifs is 20. The molecule has 460 valence electrons. The molecule has 6 heterocycles. The van der Waals surface area contributed by atoms with Crippen molar-refractivity contribution >= 4 is 15.6 Å². The molecule has 4 saturated carbocycles. The van der Waals surface area contributed by atoms with Crippen LogP contribution in [0.2, 0.25) is 0 Å². The van der Waals surface area contributed by atoms with Crippen molar-refractivity contribution in [3.05, 3.63) is 130 Å². The Hall–Kier alpha value is -3.80. The van der Waals surface area contributed by atoms with Crippen LogP contribution in [0, 0.1) is 21.7 Å². The molecule has 0 saturated heterocycles. The molecule has 26 heteroatoms. The maximum absolute atomic E-state index is 10.7. The zero-order chi connectivity index (χ0) is 58.7. The van der Waals surface area contributed by atoms with Crippen LogP contribution in [0.25, 0.3) is 0 Å². The number of hydrogen-bond donors (Lipinski definition) is 0. The van der Waals surface area contributed by atoms with Gasteiger partial charge in [-0.15, -0.1) is 0 Å². The van der Waals surface area contributed by atoms with Gasteiger partial charge in [-0.1, -0.05) is 95.2 Å². The zero-order valence-electron chi connectivity index (χ0n) is 47.6. The minimum absolute atomic E-state index is 0. The largest absolute Gasteiger partial charge is 1.00 e. The van der Waals surface area contributed by atoms with Crippen LogP contribution in [0.1, 0.15) is 227 Å². The molecule has 0 N–H and O–H groups in total. The fourth-order valence-electron chi connectivity index (χ4n) is 16.6. The van der Waals surface area contributed by atoms with E-state index in [4.69, 9.17) is 30.4 Å². The second-order valence-corrected chi connectivity index (χ2v) is 31.2. The van der Waals surface area contributed by atoms with E-state index < -0.39 is 15.6 Å².